The van der Waals surface area contributed by atoms with E-state index in [2.05, 4.69) is 5.10 Å². The van der Waals surface area contributed by atoms with Gasteiger partial charge in [0.2, 0.25) is 15.6 Å². The Morgan fingerprint density at radius 1 is 1.33 bits per heavy atom. The Morgan fingerprint density at radius 2 is 1.93 bits per heavy atom. The first-order chi connectivity index (χ1) is 12.3. The van der Waals surface area contributed by atoms with Gasteiger partial charge in [0.05, 0.1) is 12.7 Å². The molecule has 0 spiro atoms. The Kier molecular flexibility index (Phi) is 5.57. The highest BCUT2D eigenvalue weighted by atomic mass is 35.5. The molecule has 1 unspecified atom stereocenters. The van der Waals surface area contributed by atoms with E-state index in [-0.39, 0.29) is 0 Å². The first-order valence-electron chi connectivity index (χ1n) is 7.10. The van der Waals surface area contributed by atoms with Crippen molar-refractivity contribution in [2.75, 3.05) is 6.54 Å². The van der Waals surface area contributed by atoms with Crippen molar-refractivity contribution in [2.45, 2.75) is 16.7 Å². The number of aromatic carboxylic acids is 1. The third-order valence-corrected chi connectivity index (χ3v) is 5.44. The van der Waals surface area contributed by atoms with Crippen molar-refractivity contribution in [1.82, 2.24) is 14.5 Å². The van der Waals surface area contributed by atoms with Gasteiger partial charge >= 0.3 is 12.1 Å². The van der Waals surface area contributed by atoms with Crippen LogP contribution in [0.25, 0.3) is 0 Å². The van der Waals surface area contributed by atoms with Gasteiger partial charge in [-0.2, -0.15) is 18.3 Å². The van der Waals surface area contributed by atoms with Gasteiger partial charge in [0.15, 0.2) is 5.69 Å². The second-order valence-electron chi connectivity index (χ2n) is 5.45. The number of halogens is 4. The summed E-state index contributed by atoms with van der Waals surface area (Å²) in [6.07, 6.45) is -4.61. The number of alkyl halides is 3. The van der Waals surface area contributed by atoms with Gasteiger partial charge in [0.1, 0.15) is 4.90 Å². The monoisotopic (exact) mass is 427 g/mol. The van der Waals surface area contributed by atoms with E-state index in [9.17, 15) is 31.5 Å². The van der Waals surface area contributed by atoms with Crippen LogP contribution in [0.4, 0.5) is 13.2 Å². The molecule has 2 rings (SSSR count). The predicted molar refractivity (Wildman–Crippen MR) is 86.8 cm³/mol. The van der Waals surface area contributed by atoms with Gasteiger partial charge in [0.25, 0.3) is 0 Å². The summed E-state index contributed by atoms with van der Waals surface area (Å²) in [4.78, 5) is 10.3. The average Bonchev–Trinajstić information content (AvgIpc) is 2.95. The van der Waals surface area contributed by atoms with Crippen molar-refractivity contribution in [3.8, 4) is 0 Å². The fourth-order valence-electron chi connectivity index (χ4n) is 2.28. The van der Waals surface area contributed by atoms with Crippen molar-refractivity contribution in [2.24, 2.45) is 7.05 Å². The zero-order valence-electron chi connectivity index (χ0n) is 13.5. The van der Waals surface area contributed by atoms with E-state index >= 15 is 0 Å². The zero-order valence-corrected chi connectivity index (χ0v) is 15.1. The number of carboxylic acid groups (broad SMARTS) is 1. The molecule has 0 bridgehead atoms. The lowest BCUT2D eigenvalue weighted by atomic mass is 9.93. The van der Waals surface area contributed by atoms with Gasteiger partial charge < -0.3 is 10.2 Å². The van der Waals surface area contributed by atoms with E-state index in [1.807, 2.05) is 0 Å². The number of sulfonamides is 1. The minimum absolute atomic E-state index is 0.427. The summed E-state index contributed by atoms with van der Waals surface area (Å²) in [6.45, 7) is -1.53. The Balaban J connectivity index is 2.44. The molecule has 1 atom stereocenters. The van der Waals surface area contributed by atoms with Crippen LogP contribution < -0.4 is 4.72 Å². The van der Waals surface area contributed by atoms with Crippen LogP contribution in [0.2, 0.25) is 5.02 Å². The highest BCUT2D eigenvalue weighted by Gasteiger charge is 2.56. The van der Waals surface area contributed by atoms with Gasteiger partial charge in [-0.1, -0.05) is 29.8 Å². The van der Waals surface area contributed by atoms with E-state index in [0.717, 1.165) is 23.9 Å². The van der Waals surface area contributed by atoms with Crippen LogP contribution in [0, 0.1) is 0 Å². The van der Waals surface area contributed by atoms with Crippen LogP contribution in [-0.2, 0) is 22.7 Å². The number of rotatable bonds is 6. The number of nitrogens with one attached hydrogen (secondary N) is 1. The van der Waals surface area contributed by atoms with E-state index < -0.39 is 55.5 Å². The van der Waals surface area contributed by atoms with Crippen LogP contribution in [0.5, 0.6) is 0 Å². The second-order valence-corrected chi connectivity index (χ2v) is 7.59. The molecule has 3 N–H and O–H groups in total. The zero-order chi connectivity index (χ0) is 20.6. The highest BCUT2D eigenvalue weighted by molar-refractivity contribution is 7.89. The molecule has 0 aliphatic rings. The number of benzene rings is 1. The van der Waals surface area contributed by atoms with Gasteiger partial charge in [-0.15, -0.1) is 0 Å². The summed E-state index contributed by atoms with van der Waals surface area (Å²) >= 11 is 5.72. The number of carboxylic acids is 1. The Bertz CT molecular complexity index is 977. The minimum Gasteiger partial charge on any atom is -0.476 e. The third kappa shape index (κ3) is 3.93. The number of nitrogens with zero attached hydrogens (tertiary/aromatic N) is 2. The van der Waals surface area contributed by atoms with E-state index in [4.69, 9.17) is 16.7 Å². The molecule has 1 aromatic carbocycles. The fourth-order valence-corrected chi connectivity index (χ4v) is 3.79. The summed E-state index contributed by atoms with van der Waals surface area (Å²) < 4.78 is 67.5. The first-order valence-corrected chi connectivity index (χ1v) is 8.96. The molecule has 1 heterocycles. The molecule has 0 saturated heterocycles. The average molecular weight is 428 g/mol. The van der Waals surface area contributed by atoms with E-state index in [1.165, 1.54) is 12.1 Å². The molecule has 27 heavy (non-hydrogen) atoms. The van der Waals surface area contributed by atoms with Crippen molar-refractivity contribution in [3.63, 3.8) is 0 Å². The number of aromatic nitrogens is 2. The van der Waals surface area contributed by atoms with Gasteiger partial charge in [-0.25, -0.2) is 17.9 Å². The maximum absolute atomic E-state index is 13.5. The fraction of sp³-hybridized carbons (Fsp3) is 0.286. The molecule has 0 fully saturated rings. The molecule has 0 aliphatic carbocycles. The third-order valence-electron chi connectivity index (χ3n) is 3.70. The van der Waals surface area contributed by atoms with Gasteiger partial charge in [-0.3, -0.25) is 4.68 Å². The topological polar surface area (TPSA) is 122 Å². The Morgan fingerprint density at radius 3 is 2.44 bits per heavy atom. The van der Waals surface area contributed by atoms with E-state index in [0.29, 0.717) is 6.20 Å². The summed E-state index contributed by atoms with van der Waals surface area (Å²) in [7, 11) is -3.60. The lowest BCUT2D eigenvalue weighted by molar-refractivity contribution is -0.263. The first kappa shape index (κ1) is 21.2. The van der Waals surface area contributed by atoms with Crippen molar-refractivity contribution in [3.05, 3.63) is 46.7 Å². The number of carbonyl (C=O) groups is 1. The lowest BCUT2D eigenvalue weighted by Gasteiger charge is -2.31. The standard InChI is InChI=1S/C14H13ClF3N3O5S/c1-21-11(12(22)23)10(6-19-21)27(25,26)20-7-13(24,14(16,17)18)8-4-2-3-5-9(8)15/h2-6,20,24H,7H2,1H3,(H,22,23). The van der Waals surface area contributed by atoms with Crippen LogP contribution in [0.1, 0.15) is 16.1 Å². The van der Waals surface area contributed by atoms with Crippen molar-refractivity contribution < 1.29 is 36.6 Å². The molecule has 13 heteroatoms. The van der Waals surface area contributed by atoms with Crippen LogP contribution in [0.3, 0.4) is 0 Å². The van der Waals surface area contributed by atoms with Crippen LogP contribution in [-0.4, -0.2) is 47.1 Å². The SMILES string of the molecule is Cn1ncc(S(=O)(=O)NCC(O)(c2ccccc2Cl)C(F)(F)F)c1C(=O)O. The number of aryl methyl sites for hydroxylation is 1. The van der Waals surface area contributed by atoms with Crippen LogP contribution >= 0.6 is 11.6 Å². The van der Waals surface area contributed by atoms with Crippen molar-refractivity contribution in [1.29, 1.82) is 0 Å². The number of hydrogen-bond donors (Lipinski definition) is 3. The lowest BCUT2D eigenvalue weighted by Crippen LogP contribution is -2.51. The summed E-state index contributed by atoms with van der Waals surface area (Å²) in [6, 6.07) is 4.53. The highest BCUT2D eigenvalue weighted by Crippen LogP contribution is 2.41. The quantitative estimate of drug-likeness (QED) is 0.642. The molecule has 1 aromatic heterocycles. The summed E-state index contributed by atoms with van der Waals surface area (Å²) in [5, 5.41) is 22.3. The predicted octanol–water partition coefficient (Wildman–Crippen LogP) is 1.50. The normalized spacial score (nSPS) is 14.7. The van der Waals surface area contributed by atoms with Crippen molar-refractivity contribution >= 4 is 27.6 Å². The molecule has 148 valence electrons. The molecular formula is C14H13ClF3N3O5S. The minimum atomic E-state index is -5.29. The molecule has 8 nitrogen and oxygen atoms in total. The molecule has 0 aliphatic heterocycles. The molecule has 2 aromatic rings. The Labute approximate surface area is 156 Å². The maximum Gasteiger partial charge on any atom is 0.422 e. The maximum atomic E-state index is 13.5. The smallest absolute Gasteiger partial charge is 0.422 e. The van der Waals surface area contributed by atoms with Gasteiger partial charge in [0, 0.05) is 17.6 Å². The number of hydrogen-bond acceptors (Lipinski definition) is 5. The Hall–Kier alpha value is -2.15. The molecule has 0 saturated carbocycles. The molecule has 0 amide bonds. The molecular weight excluding hydrogens is 415 g/mol. The number of aliphatic hydroxyl groups is 1. The molecule has 0 radical (unpaired) electrons. The van der Waals surface area contributed by atoms with Gasteiger partial charge in [-0.05, 0) is 6.07 Å². The summed E-state index contributed by atoms with van der Waals surface area (Å²) in [5.41, 5.74) is -5.16. The largest absolute Gasteiger partial charge is 0.476 e. The second kappa shape index (κ2) is 7.11. The summed E-state index contributed by atoms with van der Waals surface area (Å²) in [5.74, 6) is -1.65. The van der Waals surface area contributed by atoms with E-state index in [1.54, 1.807) is 4.72 Å². The van der Waals surface area contributed by atoms with Crippen LogP contribution in [0.15, 0.2) is 35.4 Å².